The van der Waals surface area contributed by atoms with Gasteiger partial charge in [-0.05, 0) is 0 Å². The third-order valence-corrected chi connectivity index (χ3v) is 24.9. The van der Waals surface area contributed by atoms with Gasteiger partial charge in [0.2, 0.25) is 0 Å². The van der Waals surface area contributed by atoms with E-state index in [0.29, 0.717) is 0 Å². The number of hydrogen-bond acceptors (Lipinski definition) is 12. The van der Waals surface area contributed by atoms with Crippen molar-refractivity contribution >= 4 is 0 Å². The quantitative estimate of drug-likeness (QED) is 0.489. The Morgan fingerprint density at radius 3 is 0.810 bits per heavy atom. The molecule has 0 amide bonds. The van der Waals surface area contributed by atoms with Crippen molar-refractivity contribution in [3.63, 3.8) is 0 Å². The van der Waals surface area contributed by atoms with Crippen molar-refractivity contribution in [2.45, 2.75) is 0 Å². The van der Waals surface area contributed by atoms with Gasteiger partial charge in [0.1, 0.15) is 0 Å². The second-order valence-electron chi connectivity index (χ2n) is 4.84. The first kappa shape index (κ1) is 16.8. The maximum atomic E-state index is 13.5. The summed E-state index contributed by atoms with van der Waals surface area (Å²) in [7, 11) is -13.6. The fourth-order valence-corrected chi connectivity index (χ4v) is 7.05. The molecule has 0 unspecified atom stereocenters. The molecule has 0 heterocycles. The van der Waals surface area contributed by atoms with Crippen molar-refractivity contribution in [2.75, 3.05) is 0 Å². The van der Waals surface area contributed by atoms with Gasteiger partial charge >= 0.3 is 104 Å². The summed E-state index contributed by atoms with van der Waals surface area (Å²) >= 11 is 0. The number of nitriles is 8. The van der Waals surface area contributed by atoms with E-state index in [2.05, 4.69) is 6.78 Å². The zero-order chi connectivity index (χ0) is 17.4. The van der Waals surface area contributed by atoms with Gasteiger partial charge in [-0.3, -0.25) is 0 Å². The van der Waals surface area contributed by atoms with Gasteiger partial charge < -0.3 is 0 Å². The van der Waals surface area contributed by atoms with Gasteiger partial charge in [0.05, 0.1) is 0 Å². The van der Waals surface area contributed by atoms with Gasteiger partial charge in [0.15, 0.2) is 0 Å². The van der Waals surface area contributed by atoms with Crippen LogP contribution in [0.4, 0.5) is 0 Å². The maximum absolute atomic E-state index is 13.6. The molecule has 0 aromatic carbocycles. The summed E-state index contributed by atoms with van der Waals surface area (Å²) in [4.78, 5) is 0. The summed E-state index contributed by atoms with van der Waals surface area (Å²) in [6.45, 7) is 0. The van der Waals surface area contributed by atoms with Crippen LogP contribution in [0, 0.1) is 81.4 Å². The Hall–Kier alpha value is -4.19. The van der Waals surface area contributed by atoms with E-state index in [1.165, 1.54) is 0 Å². The first-order chi connectivity index (χ1) is 9.08. The Kier molecular flexibility index (Phi) is 1.07. The van der Waals surface area contributed by atoms with E-state index in [0.717, 1.165) is 0 Å². The fourth-order valence-electron chi connectivity index (χ4n) is 0.862. The summed E-state index contributed by atoms with van der Waals surface area (Å²) in [6, 6.07) is 0. The van der Waals surface area contributed by atoms with Crippen molar-refractivity contribution in [1.29, 1.82) is 42.1 Å². The summed E-state index contributed by atoms with van der Waals surface area (Å²) in [6.07, 6.45) is 0.144. The zero-order valence-corrected chi connectivity index (χ0v) is 12.6. The van der Waals surface area contributed by atoms with Gasteiger partial charge in [-0.25, -0.2) is 0 Å². The molecule has 0 aliphatic rings. The summed E-state index contributed by atoms with van der Waals surface area (Å²) in [5.74, 6) is 0. The summed E-state index contributed by atoms with van der Waals surface area (Å²) in [5, 5.41) is 71.5. The van der Waals surface area contributed by atoms with Crippen LogP contribution in [-0.4, -0.2) is 0 Å². The molecule has 0 bridgehead atoms. The summed E-state index contributed by atoms with van der Waals surface area (Å²) < 4.78 is 31.1. The molecule has 0 aliphatic heterocycles. The topological polar surface area (TPSA) is 243 Å². The van der Waals surface area contributed by atoms with E-state index in [1.54, 1.807) is 0 Å². The van der Waals surface area contributed by atoms with Crippen molar-refractivity contribution < 1.29 is 22.8 Å². The fraction of sp³-hybridized carbons (Fsp3) is 0. The third kappa shape index (κ3) is 0.619. The second-order valence-corrected chi connectivity index (χ2v) is 38.3. The predicted octanol–water partition coefficient (Wildman–Crippen LogP) is -0.243. The minimum atomic E-state index is -13.6. The second kappa shape index (κ2) is 1.34. The molecular weight excluding hydrogens is 456 g/mol. The monoisotopic (exact) mass is 456 g/mol. The van der Waals surface area contributed by atoms with Crippen molar-refractivity contribution in [2.24, 2.45) is 0 Å². The normalized spacial score (nSPS) is 21.9. The Morgan fingerprint density at radius 2 is 0.714 bits per heavy atom. The van der Waals surface area contributed by atoms with E-state index in [9.17, 15) is 6.80 Å². The van der Waals surface area contributed by atoms with Crippen LogP contribution in [0.3, 0.4) is 0 Å². The van der Waals surface area contributed by atoms with E-state index >= 15 is 0 Å². The Morgan fingerprint density at radius 1 is 0.524 bits per heavy atom. The number of nitrogens with zero attached hydrogens (tertiary/aromatic N) is 8. The third-order valence-electron chi connectivity index (χ3n) is 3.04. The van der Waals surface area contributed by atoms with Crippen LogP contribution in [-0.2, 0) is 22.8 Å². The average molecular weight is 456 g/mol. The molecule has 0 rings (SSSR count). The Bertz CT molecular complexity index is 1200. The molecular formula is C8N8O4W. The number of rotatable bonds is 2. The molecule has 0 radical (unpaired) electrons. The van der Waals surface area contributed by atoms with Crippen LogP contribution in [0.1, 0.15) is 0 Å². The molecule has 13 heteroatoms. The van der Waals surface area contributed by atoms with Crippen molar-refractivity contribution in [3.8, 4) is 39.3 Å². The van der Waals surface area contributed by atoms with Crippen molar-refractivity contribution in [1.82, 2.24) is 0 Å². The standard InChI is InChI=1S/2CHNO.6CN.2O.W/c2*2-1-3;6*1-2;;;/h2*3H;;;;;;;;;/q;;;;;;;;;;+2/p-2. The van der Waals surface area contributed by atoms with Gasteiger partial charge in [0.25, 0.3) is 0 Å². The molecule has 0 aliphatic carbocycles. The first-order valence-corrected chi connectivity index (χ1v) is 17.7. The molecule has 0 spiro atoms. The van der Waals surface area contributed by atoms with E-state index in [-0.39, 0.29) is 39.3 Å². The molecule has 0 N–H and O–H groups in total. The van der Waals surface area contributed by atoms with Crippen LogP contribution in [0.15, 0.2) is 0 Å². The SMILES string of the molecule is N#C[O][W](=[O])(=[O])([C]#N)([C]#N)([C]#N)([C]#N)([C]#N)([C]#N)[O]C#N. The molecule has 0 saturated heterocycles. The molecule has 12 nitrogen and oxygen atoms in total. The van der Waals surface area contributed by atoms with Crippen LogP contribution in [0.5, 0.6) is 0 Å². The van der Waals surface area contributed by atoms with Crippen LogP contribution in [0.25, 0.3) is 0 Å². The molecule has 21 heavy (non-hydrogen) atoms. The summed E-state index contributed by atoms with van der Waals surface area (Å²) in [5.41, 5.74) is 0. The van der Waals surface area contributed by atoms with E-state index in [4.69, 9.17) is 42.1 Å². The predicted molar refractivity (Wildman–Crippen MR) is 48.4 cm³/mol. The van der Waals surface area contributed by atoms with E-state index in [1.807, 2.05) is 0 Å². The first-order valence-electron chi connectivity index (χ1n) is 4.09. The molecule has 102 valence electrons. The number of hydrogen-bond donors (Lipinski definition) is 0. The van der Waals surface area contributed by atoms with Crippen LogP contribution in [0.2, 0.25) is 0 Å². The molecule has 0 saturated carbocycles. The average Bonchev–Trinajstić information content (AvgIpc) is 2.53. The van der Waals surface area contributed by atoms with Gasteiger partial charge in [0, 0.05) is 0 Å². The van der Waals surface area contributed by atoms with E-state index < -0.39 is 9.24 Å². The molecule has 0 aromatic rings. The molecule has 0 atom stereocenters. The minimum absolute atomic E-state index is 0.0720. The van der Waals surface area contributed by atoms with Crippen molar-refractivity contribution in [3.05, 3.63) is 0 Å². The molecule has 0 aromatic heterocycles. The van der Waals surface area contributed by atoms with Crippen LogP contribution < -0.4 is 0 Å². The Balaban J connectivity index is 10.3. The Labute approximate surface area is 104 Å². The van der Waals surface area contributed by atoms with Gasteiger partial charge in [-0.15, -0.1) is 0 Å². The molecule has 0 fully saturated rings. The van der Waals surface area contributed by atoms with Gasteiger partial charge in [-0.1, -0.05) is 0 Å². The van der Waals surface area contributed by atoms with Crippen LogP contribution >= 0.6 is 0 Å². The zero-order valence-electron chi connectivity index (χ0n) is 9.62. The van der Waals surface area contributed by atoms with Gasteiger partial charge in [-0.2, -0.15) is 0 Å².